The molecule has 0 bridgehead atoms. The molecule has 0 heterocycles. The molecule has 0 amide bonds. The maximum absolute atomic E-state index is 6.01. The highest BCUT2D eigenvalue weighted by Gasteiger charge is 2.19. The number of hydrogen-bond acceptors (Lipinski definition) is 1. The predicted octanol–water partition coefficient (Wildman–Crippen LogP) is 7.53. The summed E-state index contributed by atoms with van der Waals surface area (Å²) in [7, 11) is 0. The van der Waals surface area contributed by atoms with Gasteiger partial charge in [-0.15, -0.1) is 0 Å². The van der Waals surface area contributed by atoms with E-state index >= 15 is 0 Å². The molecule has 3 aromatic carbocycles. The standard InChI is InChI=1S/C27H30O/c1-20-3-9-23(10-4-20)25-13-7-22(8-14-25)19-28-27-17-15-26(16-18-27)24-11-5-21(2)6-12-24/h3-4,7-10,13-18,21,24H,5-6,11-12,19H2,1-2H3. The van der Waals surface area contributed by atoms with Crippen LogP contribution in [0.25, 0.3) is 11.1 Å². The molecule has 1 fully saturated rings. The van der Waals surface area contributed by atoms with Gasteiger partial charge in [-0.25, -0.2) is 0 Å². The second kappa shape index (κ2) is 8.65. The van der Waals surface area contributed by atoms with Crippen molar-refractivity contribution in [3.63, 3.8) is 0 Å². The Morgan fingerprint density at radius 3 is 1.89 bits per heavy atom. The van der Waals surface area contributed by atoms with Crippen molar-refractivity contribution >= 4 is 0 Å². The van der Waals surface area contributed by atoms with Crippen LogP contribution in [0, 0.1) is 12.8 Å². The van der Waals surface area contributed by atoms with Crippen LogP contribution in [0.3, 0.4) is 0 Å². The lowest BCUT2D eigenvalue weighted by molar-refractivity contribution is 0.305. The predicted molar refractivity (Wildman–Crippen MR) is 118 cm³/mol. The van der Waals surface area contributed by atoms with Crippen molar-refractivity contribution in [3.05, 3.63) is 89.5 Å². The molecule has 1 saturated carbocycles. The summed E-state index contributed by atoms with van der Waals surface area (Å²) < 4.78 is 6.01. The zero-order valence-electron chi connectivity index (χ0n) is 17.0. The molecule has 1 nitrogen and oxygen atoms in total. The fourth-order valence-electron chi connectivity index (χ4n) is 4.14. The van der Waals surface area contributed by atoms with Crippen molar-refractivity contribution in [2.75, 3.05) is 0 Å². The Morgan fingerprint density at radius 1 is 0.714 bits per heavy atom. The van der Waals surface area contributed by atoms with Crippen molar-refractivity contribution in [3.8, 4) is 16.9 Å². The largest absolute Gasteiger partial charge is 0.489 e. The molecule has 0 N–H and O–H groups in total. The molecule has 0 radical (unpaired) electrons. The number of hydrogen-bond donors (Lipinski definition) is 0. The fourth-order valence-corrected chi connectivity index (χ4v) is 4.14. The van der Waals surface area contributed by atoms with Crippen molar-refractivity contribution in [1.29, 1.82) is 0 Å². The first-order chi connectivity index (χ1) is 13.7. The van der Waals surface area contributed by atoms with Crippen LogP contribution in [0.5, 0.6) is 5.75 Å². The van der Waals surface area contributed by atoms with Gasteiger partial charge in [0.25, 0.3) is 0 Å². The van der Waals surface area contributed by atoms with E-state index in [4.69, 9.17) is 4.74 Å². The van der Waals surface area contributed by atoms with Gasteiger partial charge in [-0.2, -0.15) is 0 Å². The van der Waals surface area contributed by atoms with E-state index in [1.54, 1.807) is 0 Å². The summed E-state index contributed by atoms with van der Waals surface area (Å²) in [6, 6.07) is 26.1. The van der Waals surface area contributed by atoms with Gasteiger partial charge in [-0.1, -0.05) is 86.0 Å². The van der Waals surface area contributed by atoms with Gasteiger partial charge in [0.1, 0.15) is 12.4 Å². The smallest absolute Gasteiger partial charge is 0.119 e. The van der Waals surface area contributed by atoms with Crippen LogP contribution in [-0.4, -0.2) is 0 Å². The van der Waals surface area contributed by atoms with Gasteiger partial charge in [0.05, 0.1) is 0 Å². The van der Waals surface area contributed by atoms with Gasteiger partial charge in [-0.05, 0) is 66.0 Å². The first-order valence-electron chi connectivity index (χ1n) is 10.6. The summed E-state index contributed by atoms with van der Waals surface area (Å²) in [6.45, 7) is 5.10. The Balaban J connectivity index is 1.33. The Labute approximate surface area is 169 Å². The molecule has 4 rings (SSSR count). The topological polar surface area (TPSA) is 9.23 Å². The summed E-state index contributed by atoms with van der Waals surface area (Å²) in [6.07, 6.45) is 5.38. The molecule has 144 valence electrons. The molecule has 28 heavy (non-hydrogen) atoms. The first kappa shape index (κ1) is 18.8. The third-order valence-corrected chi connectivity index (χ3v) is 6.11. The number of ether oxygens (including phenoxy) is 1. The minimum atomic E-state index is 0.606. The van der Waals surface area contributed by atoms with Crippen LogP contribution in [0.15, 0.2) is 72.8 Å². The molecule has 0 atom stereocenters. The first-order valence-corrected chi connectivity index (χ1v) is 10.6. The Bertz CT molecular complexity index is 867. The second-order valence-corrected chi connectivity index (χ2v) is 8.38. The molecule has 1 aliphatic carbocycles. The molecule has 1 heteroatoms. The minimum absolute atomic E-state index is 0.606. The van der Waals surface area contributed by atoms with Crippen molar-refractivity contribution in [1.82, 2.24) is 0 Å². The lowest BCUT2D eigenvalue weighted by Crippen LogP contribution is -2.10. The summed E-state index contributed by atoms with van der Waals surface area (Å²) in [5.74, 6) is 2.59. The maximum Gasteiger partial charge on any atom is 0.119 e. The van der Waals surface area contributed by atoms with E-state index in [1.807, 2.05) is 0 Å². The van der Waals surface area contributed by atoms with E-state index in [9.17, 15) is 0 Å². The average Bonchev–Trinajstić information content (AvgIpc) is 2.74. The highest BCUT2D eigenvalue weighted by molar-refractivity contribution is 5.63. The molecular formula is C27H30O. The lowest BCUT2D eigenvalue weighted by Gasteiger charge is -2.26. The van der Waals surface area contributed by atoms with E-state index in [0.29, 0.717) is 6.61 Å². The van der Waals surface area contributed by atoms with Crippen molar-refractivity contribution in [2.24, 2.45) is 5.92 Å². The van der Waals surface area contributed by atoms with Crippen LogP contribution >= 0.6 is 0 Å². The van der Waals surface area contributed by atoms with Gasteiger partial charge in [0.15, 0.2) is 0 Å². The molecule has 3 aromatic rings. The SMILES string of the molecule is Cc1ccc(-c2ccc(COc3ccc(C4CCC(C)CC4)cc3)cc2)cc1. The molecular weight excluding hydrogens is 340 g/mol. The van der Waals surface area contributed by atoms with Crippen LogP contribution in [0.1, 0.15) is 55.2 Å². The zero-order chi connectivity index (χ0) is 19.3. The van der Waals surface area contributed by atoms with Gasteiger partial charge in [0, 0.05) is 0 Å². The normalized spacial score (nSPS) is 19.4. The van der Waals surface area contributed by atoms with Crippen LogP contribution in [0.2, 0.25) is 0 Å². The molecule has 1 aliphatic rings. The third kappa shape index (κ3) is 4.65. The molecule has 0 saturated heterocycles. The Kier molecular flexibility index (Phi) is 5.81. The third-order valence-electron chi connectivity index (χ3n) is 6.11. The lowest BCUT2D eigenvalue weighted by atomic mass is 9.79. The van der Waals surface area contributed by atoms with Gasteiger partial charge < -0.3 is 4.74 Å². The summed E-state index contributed by atoms with van der Waals surface area (Å²) in [4.78, 5) is 0. The second-order valence-electron chi connectivity index (χ2n) is 8.38. The van der Waals surface area contributed by atoms with Crippen LogP contribution in [-0.2, 0) is 6.61 Å². The summed E-state index contributed by atoms with van der Waals surface area (Å²) >= 11 is 0. The maximum atomic E-state index is 6.01. The fraction of sp³-hybridized carbons (Fsp3) is 0.333. The Hall–Kier alpha value is -2.54. The molecule has 0 unspecified atom stereocenters. The minimum Gasteiger partial charge on any atom is -0.489 e. The number of aryl methyl sites for hydroxylation is 1. The Morgan fingerprint density at radius 2 is 1.29 bits per heavy atom. The van der Waals surface area contributed by atoms with Crippen LogP contribution < -0.4 is 4.74 Å². The quantitative estimate of drug-likeness (QED) is 0.451. The van der Waals surface area contributed by atoms with Gasteiger partial charge in [-0.3, -0.25) is 0 Å². The van der Waals surface area contributed by atoms with Gasteiger partial charge in [0.2, 0.25) is 0 Å². The molecule has 0 aliphatic heterocycles. The van der Waals surface area contributed by atoms with E-state index in [1.165, 1.54) is 53.5 Å². The zero-order valence-corrected chi connectivity index (χ0v) is 17.0. The van der Waals surface area contributed by atoms with E-state index in [2.05, 4.69) is 86.6 Å². The van der Waals surface area contributed by atoms with Gasteiger partial charge >= 0.3 is 0 Å². The molecule has 0 aromatic heterocycles. The van der Waals surface area contributed by atoms with Crippen LogP contribution in [0.4, 0.5) is 0 Å². The van der Waals surface area contributed by atoms with E-state index in [-0.39, 0.29) is 0 Å². The average molecular weight is 371 g/mol. The highest BCUT2D eigenvalue weighted by Crippen LogP contribution is 2.36. The van der Waals surface area contributed by atoms with E-state index < -0.39 is 0 Å². The monoisotopic (exact) mass is 370 g/mol. The molecule has 0 spiro atoms. The van der Waals surface area contributed by atoms with Crippen molar-refractivity contribution < 1.29 is 4.74 Å². The number of rotatable bonds is 5. The number of benzene rings is 3. The van der Waals surface area contributed by atoms with Crippen molar-refractivity contribution in [2.45, 2.75) is 52.1 Å². The highest BCUT2D eigenvalue weighted by atomic mass is 16.5. The summed E-state index contributed by atoms with van der Waals surface area (Å²) in [5.41, 5.74) is 6.46. The van der Waals surface area contributed by atoms with E-state index in [0.717, 1.165) is 17.6 Å². The summed E-state index contributed by atoms with van der Waals surface area (Å²) in [5, 5.41) is 0.